The molecular formula is C5H15MgO3P. The Balaban J connectivity index is -0.000000107. The van der Waals surface area contributed by atoms with Gasteiger partial charge in [0.05, 0.1) is 0 Å². The first-order valence-corrected chi connectivity index (χ1v) is 4.90. The first-order valence-electron chi connectivity index (χ1n) is 3.11. The van der Waals surface area contributed by atoms with Crippen molar-refractivity contribution < 1.29 is 17.2 Å². The van der Waals surface area contributed by atoms with Gasteiger partial charge in [-0.2, -0.15) is 0 Å². The molecule has 0 aromatic rings. The van der Waals surface area contributed by atoms with E-state index in [9.17, 15) is 4.57 Å². The van der Waals surface area contributed by atoms with E-state index in [1.54, 1.807) is 0 Å². The molecule has 0 bridgehead atoms. The Morgan fingerprint density at radius 2 is 1.90 bits per heavy atom. The van der Waals surface area contributed by atoms with Crippen molar-refractivity contribution in [3.63, 3.8) is 0 Å². The Labute approximate surface area is 80.5 Å². The molecule has 10 heavy (non-hydrogen) atoms. The van der Waals surface area contributed by atoms with Crippen LogP contribution in [-0.2, 0) is 4.57 Å². The summed E-state index contributed by atoms with van der Waals surface area (Å²) in [6, 6.07) is 0. The van der Waals surface area contributed by atoms with Crippen molar-refractivity contribution in [3.05, 3.63) is 0 Å². The van der Waals surface area contributed by atoms with Gasteiger partial charge in [-0.3, -0.25) is 4.57 Å². The van der Waals surface area contributed by atoms with Crippen molar-refractivity contribution in [1.29, 1.82) is 0 Å². The van der Waals surface area contributed by atoms with Gasteiger partial charge < -0.3 is 12.6 Å². The molecule has 0 atom stereocenters. The predicted octanol–water partition coefficient (Wildman–Crippen LogP) is 1.20. The van der Waals surface area contributed by atoms with Gasteiger partial charge in [-0.25, -0.2) is 0 Å². The largest absolute Gasteiger partial charge is 2.00 e. The van der Waals surface area contributed by atoms with Crippen LogP contribution in [-0.4, -0.2) is 39.0 Å². The molecule has 0 unspecified atom stereocenters. The van der Waals surface area contributed by atoms with Gasteiger partial charge in [-0.1, -0.05) is 19.8 Å². The van der Waals surface area contributed by atoms with Crippen molar-refractivity contribution >= 4 is 30.6 Å². The van der Waals surface area contributed by atoms with E-state index in [1.807, 2.05) is 6.92 Å². The van der Waals surface area contributed by atoms with Gasteiger partial charge in [-0.15, -0.1) is 0 Å². The van der Waals surface area contributed by atoms with Crippen molar-refractivity contribution in [2.75, 3.05) is 6.16 Å². The van der Waals surface area contributed by atoms with E-state index in [-0.39, 0.29) is 32.1 Å². The zero-order valence-corrected chi connectivity index (χ0v) is 8.59. The molecule has 3 nitrogen and oxygen atoms in total. The molecule has 0 aliphatic heterocycles. The molecule has 0 aromatic carbocycles. The zero-order valence-electron chi connectivity index (χ0n) is 8.29. The third-order valence-electron chi connectivity index (χ3n) is 1.05. The summed E-state index contributed by atoms with van der Waals surface area (Å²) in [5.74, 6) is 0. The van der Waals surface area contributed by atoms with Crippen LogP contribution in [0, 0.1) is 0 Å². The van der Waals surface area contributed by atoms with Gasteiger partial charge in [0.2, 0.25) is 0 Å². The smallest absolute Gasteiger partial charge is 1.00 e. The van der Waals surface area contributed by atoms with Gasteiger partial charge in [0.15, 0.2) is 0 Å². The first kappa shape index (κ1) is 13.5. The van der Waals surface area contributed by atoms with E-state index in [0.717, 1.165) is 12.8 Å². The molecule has 2 N–H and O–H groups in total. The summed E-state index contributed by atoms with van der Waals surface area (Å²) < 4.78 is 10.2. The van der Waals surface area contributed by atoms with E-state index in [1.165, 1.54) is 0 Å². The Morgan fingerprint density at radius 3 is 2.20 bits per heavy atom. The minimum Gasteiger partial charge on any atom is -1.00 e. The maximum Gasteiger partial charge on any atom is 2.00 e. The number of hydrogen-bond acceptors (Lipinski definition) is 1. The van der Waals surface area contributed by atoms with Gasteiger partial charge in [0.25, 0.3) is 0 Å². The molecule has 0 aliphatic carbocycles. The molecule has 0 spiro atoms. The van der Waals surface area contributed by atoms with E-state index in [4.69, 9.17) is 9.79 Å². The fourth-order valence-corrected chi connectivity index (χ4v) is 1.20. The maximum atomic E-state index is 10.2. The second kappa shape index (κ2) is 6.62. The zero-order chi connectivity index (χ0) is 7.33. The number of unbranched alkanes of at least 4 members (excludes halogenated alkanes) is 2. The molecule has 0 radical (unpaired) electrons. The summed E-state index contributed by atoms with van der Waals surface area (Å²) in [5, 5.41) is 0. The minimum atomic E-state index is -3.70. The Morgan fingerprint density at radius 1 is 1.40 bits per heavy atom. The van der Waals surface area contributed by atoms with E-state index in [0.29, 0.717) is 6.42 Å². The van der Waals surface area contributed by atoms with Crippen molar-refractivity contribution in [2.24, 2.45) is 0 Å². The second-order valence-electron chi connectivity index (χ2n) is 2.10. The van der Waals surface area contributed by atoms with Crippen molar-refractivity contribution in [2.45, 2.75) is 26.2 Å². The molecule has 0 fully saturated rings. The molecular weight excluding hydrogens is 163 g/mol. The van der Waals surface area contributed by atoms with Gasteiger partial charge in [0.1, 0.15) is 0 Å². The van der Waals surface area contributed by atoms with Crippen molar-refractivity contribution in [1.82, 2.24) is 0 Å². The van der Waals surface area contributed by atoms with Crippen LogP contribution in [0.25, 0.3) is 0 Å². The van der Waals surface area contributed by atoms with Crippen LogP contribution < -0.4 is 0 Å². The standard InChI is InChI=1S/C5H13O3P.Mg.2H/c1-2-3-4-5-9(6,7)8;;;/h2-5H2,1H3,(H2,6,7,8);;;/q;+2;2*-1. The molecule has 0 heterocycles. The molecule has 0 aromatic heterocycles. The normalized spacial score (nSPS) is 10.7. The van der Waals surface area contributed by atoms with Gasteiger partial charge in [-0.05, 0) is 6.42 Å². The minimum absolute atomic E-state index is 0. The maximum absolute atomic E-state index is 10.2. The average molecular weight is 178 g/mol. The van der Waals surface area contributed by atoms with Crippen molar-refractivity contribution in [3.8, 4) is 0 Å². The van der Waals surface area contributed by atoms with Gasteiger partial charge in [0, 0.05) is 6.16 Å². The fraction of sp³-hybridized carbons (Fsp3) is 1.00. The molecule has 60 valence electrons. The van der Waals surface area contributed by atoms with Crippen LogP contribution in [0.15, 0.2) is 0 Å². The fourth-order valence-electron chi connectivity index (χ4n) is 0.568. The van der Waals surface area contributed by atoms with Crippen LogP contribution in [0.2, 0.25) is 0 Å². The summed E-state index contributed by atoms with van der Waals surface area (Å²) in [5.41, 5.74) is 0. The summed E-state index contributed by atoms with van der Waals surface area (Å²) in [4.78, 5) is 16.7. The summed E-state index contributed by atoms with van der Waals surface area (Å²) in [7, 11) is -3.70. The molecule has 5 heteroatoms. The first-order chi connectivity index (χ1) is 4.06. The Kier molecular flexibility index (Phi) is 8.93. The van der Waals surface area contributed by atoms with E-state index >= 15 is 0 Å². The van der Waals surface area contributed by atoms with Crippen LogP contribution in [0.3, 0.4) is 0 Å². The number of hydrogen-bond donors (Lipinski definition) is 2. The number of rotatable bonds is 4. The molecule has 0 saturated carbocycles. The summed E-state index contributed by atoms with van der Waals surface area (Å²) >= 11 is 0. The Hall–Kier alpha value is 0.916. The SMILES string of the molecule is CCCCCP(=O)(O)O.[H-].[H-].[Mg+2]. The summed E-state index contributed by atoms with van der Waals surface area (Å²) in [6.07, 6.45) is 2.59. The van der Waals surface area contributed by atoms with Crippen LogP contribution in [0.1, 0.15) is 29.0 Å². The third kappa shape index (κ3) is 11.7. The van der Waals surface area contributed by atoms with Crippen LogP contribution in [0.4, 0.5) is 0 Å². The second-order valence-corrected chi connectivity index (χ2v) is 3.87. The predicted molar refractivity (Wildman–Crippen MR) is 44.4 cm³/mol. The van der Waals surface area contributed by atoms with Gasteiger partial charge >= 0.3 is 30.6 Å². The third-order valence-corrected chi connectivity index (χ3v) is 1.95. The average Bonchev–Trinajstić information content (AvgIpc) is 1.63. The van der Waals surface area contributed by atoms with E-state index < -0.39 is 7.60 Å². The summed E-state index contributed by atoms with van der Waals surface area (Å²) in [6.45, 7) is 2.00. The Bertz CT molecular complexity index is 119. The van der Waals surface area contributed by atoms with Crippen LogP contribution >= 0.6 is 7.60 Å². The van der Waals surface area contributed by atoms with E-state index in [2.05, 4.69) is 0 Å². The quantitative estimate of drug-likeness (QED) is 0.386. The molecule has 0 amide bonds. The molecule has 0 rings (SSSR count). The van der Waals surface area contributed by atoms with Crippen LogP contribution in [0.5, 0.6) is 0 Å². The molecule has 0 saturated heterocycles. The monoisotopic (exact) mass is 178 g/mol. The topological polar surface area (TPSA) is 57.5 Å². The molecule has 0 aliphatic rings.